The molecule has 0 aliphatic carbocycles. The van der Waals surface area contributed by atoms with Gasteiger partial charge in [0.15, 0.2) is 5.65 Å². The fourth-order valence-electron chi connectivity index (χ4n) is 4.76. The zero-order valence-electron chi connectivity index (χ0n) is 20.6. The van der Waals surface area contributed by atoms with Crippen molar-refractivity contribution in [3.05, 3.63) is 91.2 Å². The van der Waals surface area contributed by atoms with Crippen LogP contribution in [0.2, 0.25) is 0 Å². The maximum Gasteiger partial charge on any atom is 0.246 e. The Kier molecular flexibility index (Phi) is 6.31. The highest BCUT2D eigenvalue weighted by atomic mass is 16.5. The molecule has 1 atom stereocenters. The van der Waals surface area contributed by atoms with Crippen LogP contribution in [0.3, 0.4) is 0 Å². The molecule has 9 heteroatoms. The number of piperidine rings is 1. The Labute approximate surface area is 219 Å². The number of nitrogens with two attached hydrogens (primary N) is 1. The van der Waals surface area contributed by atoms with Gasteiger partial charge in [0, 0.05) is 24.7 Å². The summed E-state index contributed by atoms with van der Waals surface area (Å²) in [5.41, 5.74) is 8.55. The molecule has 1 unspecified atom stereocenters. The van der Waals surface area contributed by atoms with Crippen molar-refractivity contribution in [2.45, 2.75) is 18.9 Å². The number of anilines is 1. The van der Waals surface area contributed by atoms with Crippen molar-refractivity contribution in [2.75, 3.05) is 18.8 Å². The minimum Gasteiger partial charge on any atom is -0.465 e. The molecule has 1 amide bonds. The second-order valence-corrected chi connectivity index (χ2v) is 9.12. The van der Waals surface area contributed by atoms with E-state index in [-0.39, 0.29) is 11.9 Å². The van der Waals surface area contributed by atoms with E-state index in [0.29, 0.717) is 41.4 Å². The summed E-state index contributed by atoms with van der Waals surface area (Å²) in [5.74, 6) is 2.43. The van der Waals surface area contributed by atoms with Crippen LogP contribution in [0, 0.1) is 0 Å². The van der Waals surface area contributed by atoms with Crippen LogP contribution < -0.4 is 10.5 Å². The molecule has 1 fully saturated rings. The van der Waals surface area contributed by atoms with E-state index < -0.39 is 0 Å². The summed E-state index contributed by atoms with van der Waals surface area (Å²) >= 11 is 0. The Morgan fingerprint density at radius 1 is 1.03 bits per heavy atom. The zero-order valence-corrected chi connectivity index (χ0v) is 20.6. The average Bonchev–Trinajstić information content (AvgIpc) is 3.62. The van der Waals surface area contributed by atoms with Crippen LogP contribution in [0.4, 0.5) is 5.82 Å². The van der Waals surface area contributed by atoms with Gasteiger partial charge in [-0.15, -0.1) is 0 Å². The molecule has 1 saturated heterocycles. The molecule has 9 nitrogen and oxygen atoms in total. The van der Waals surface area contributed by atoms with Gasteiger partial charge in [0.25, 0.3) is 0 Å². The summed E-state index contributed by atoms with van der Waals surface area (Å²) < 4.78 is 13.1. The molecule has 1 aliphatic rings. The normalized spacial score (nSPS) is 15.8. The highest BCUT2D eigenvalue weighted by molar-refractivity contribution is 5.98. The first-order chi connectivity index (χ1) is 18.7. The van der Waals surface area contributed by atoms with Crippen molar-refractivity contribution in [3.63, 3.8) is 0 Å². The van der Waals surface area contributed by atoms with Gasteiger partial charge in [-0.05, 0) is 67.4 Å². The number of benzene rings is 2. The first-order valence-corrected chi connectivity index (χ1v) is 12.5. The topological polar surface area (TPSA) is 112 Å². The lowest BCUT2D eigenvalue weighted by atomic mass is 10.1. The number of carbonyl (C=O) groups is 1. The number of para-hydroxylation sites is 1. The molecular weight excluding hydrogens is 480 g/mol. The molecule has 0 spiro atoms. The van der Waals surface area contributed by atoms with Crippen molar-refractivity contribution < 1.29 is 13.9 Å². The van der Waals surface area contributed by atoms with E-state index in [4.69, 9.17) is 20.0 Å². The van der Waals surface area contributed by atoms with Gasteiger partial charge >= 0.3 is 0 Å². The Morgan fingerprint density at radius 3 is 2.63 bits per heavy atom. The Morgan fingerprint density at radius 2 is 1.84 bits per heavy atom. The predicted molar refractivity (Wildman–Crippen MR) is 144 cm³/mol. The van der Waals surface area contributed by atoms with E-state index in [1.807, 2.05) is 70.2 Å². The largest absolute Gasteiger partial charge is 0.465 e. The van der Waals surface area contributed by atoms with Gasteiger partial charge in [-0.25, -0.2) is 14.6 Å². The molecule has 2 N–H and O–H groups in total. The molecule has 1 aliphatic heterocycles. The molecular formula is C29H26N6O3. The van der Waals surface area contributed by atoms with Crippen molar-refractivity contribution in [1.82, 2.24) is 24.6 Å². The summed E-state index contributed by atoms with van der Waals surface area (Å²) in [6.45, 7) is 1.20. The third-order valence-corrected chi connectivity index (χ3v) is 6.61. The van der Waals surface area contributed by atoms with Crippen molar-refractivity contribution in [1.29, 1.82) is 0 Å². The van der Waals surface area contributed by atoms with Crippen molar-refractivity contribution in [2.24, 2.45) is 0 Å². The first-order valence-electron chi connectivity index (χ1n) is 12.5. The van der Waals surface area contributed by atoms with Gasteiger partial charge in [0.2, 0.25) is 5.91 Å². The van der Waals surface area contributed by atoms with E-state index in [1.165, 1.54) is 6.33 Å². The highest BCUT2D eigenvalue weighted by Gasteiger charge is 2.28. The fourth-order valence-corrected chi connectivity index (χ4v) is 4.76. The summed E-state index contributed by atoms with van der Waals surface area (Å²) in [4.78, 5) is 23.5. The molecule has 0 radical (unpaired) electrons. The lowest BCUT2D eigenvalue weighted by Gasteiger charge is -2.32. The zero-order chi connectivity index (χ0) is 25.9. The third kappa shape index (κ3) is 4.73. The van der Waals surface area contributed by atoms with Gasteiger partial charge in [-0.3, -0.25) is 4.79 Å². The number of hydrogen-bond donors (Lipinski definition) is 1. The maximum absolute atomic E-state index is 12.9. The monoisotopic (exact) mass is 506 g/mol. The van der Waals surface area contributed by atoms with Gasteiger partial charge in [-0.1, -0.05) is 18.2 Å². The molecule has 0 saturated carbocycles. The van der Waals surface area contributed by atoms with Gasteiger partial charge in [0.1, 0.15) is 35.1 Å². The smallest absolute Gasteiger partial charge is 0.246 e. The lowest BCUT2D eigenvalue weighted by molar-refractivity contribution is -0.127. The Bertz CT molecular complexity index is 1580. The SMILES string of the molecule is Nc1ncnc2c1c(-c1ccc(Oc3ccccc3)cc1)nn2C1CCCN(C(=O)C=Cc2ccco2)C1. The molecule has 2 aromatic carbocycles. The summed E-state index contributed by atoms with van der Waals surface area (Å²) in [6, 6.07) is 20.9. The quantitative estimate of drug-likeness (QED) is 0.309. The number of rotatable bonds is 6. The number of nitrogen functional groups attached to an aromatic ring is 1. The van der Waals surface area contributed by atoms with Crippen LogP contribution in [0.5, 0.6) is 11.5 Å². The number of amides is 1. The van der Waals surface area contributed by atoms with Crippen LogP contribution in [0.15, 0.2) is 89.8 Å². The number of carbonyl (C=O) groups excluding carboxylic acids is 1. The molecule has 3 aromatic heterocycles. The Hall–Kier alpha value is -4.92. The Balaban J connectivity index is 1.28. The molecule has 4 heterocycles. The van der Waals surface area contributed by atoms with Crippen LogP contribution in [0.1, 0.15) is 24.6 Å². The van der Waals surface area contributed by atoms with Crippen LogP contribution >= 0.6 is 0 Å². The number of hydrogen-bond acceptors (Lipinski definition) is 7. The van der Waals surface area contributed by atoms with Crippen LogP contribution in [-0.2, 0) is 4.79 Å². The molecule has 38 heavy (non-hydrogen) atoms. The van der Waals surface area contributed by atoms with Crippen LogP contribution in [0.25, 0.3) is 28.4 Å². The highest BCUT2D eigenvalue weighted by Crippen LogP contribution is 2.35. The number of likely N-dealkylation sites (tertiary alicyclic amines) is 1. The third-order valence-electron chi connectivity index (χ3n) is 6.61. The molecule has 6 rings (SSSR count). The standard InChI is InChI=1S/C29H26N6O3/c30-28-26-27(20-10-12-24(13-11-20)38-23-7-2-1-3-8-23)33-35(29(26)32-19-31-28)21-6-4-16-34(18-21)25(36)15-14-22-9-5-17-37-22/h1-3,5,7-15,17,19,21H,4,6,16,18H2,(H2,30,31,32). The molecule has 5 aromatic rings. The number of fused-ring (bicyclic) bond motifs is 1. The van der Waals surface area contributed by atoms with Gasteiger partial charge < -0.3 is 19.8 Å². The first kappa shape index (κ1) is 23.5. The number of aromatic nitrogens is 4. The van der Waals surface area contributed by atoms with Gasteiger partial charge in [-0.2, -0.15) is 5.10 Å². The van der Waals surface area contributed by atoms with Crippen molar-refractivity contribution in [3.8, 4) is 22.8 Å². The second-order valence-electron chi connectivity index (χ2n) is 9.12. The van der Waals surface area contributed by atoms with E-state index >= 15 is 0 Å². The minimum absolute atomic E-state index is 0.0454. The minimum atomic E-state index is -0.0640. The lowest BCUT2D eigenvalue weighted by Crippen LogP contribution is -2.40. The van der Waals surface area contributed by atoms with Crippen molar-refractivity contribution >= 4 is 28.8 Å². The number of nitrogens with zero attached hydrogens (tertiary/aromatic N) is 5. The van der Waals surface area contributed by atoms with E-state index in [9.17, 15) is 4.79 Å². The number of furan rings is 1. The molecule has 0 bridgehead atoms. The summed E-state index contributed by atoms with van der Waals surface area (Å²) in [6.07, 6.45) is 8.00. The van der Waals surface area contributed by atoms with E-state index in [1.54, 1.807) is 24.5 Å². The van der Waals surface area contributed by atoms with E-state index in [0.717, 1.165) is 29.9 Å². The predicted octanol–water partition coefficient (Wildman–Crippen LogP) is 5.34. The van der Waals surface area contributed by atoms with Gasteiger partial charge in [0.05, 0.1) is 17.7 Å². The van der Waals surface area contributed by atoms with E-state index in [2.05, 4.69) is 9.97 Å². The number of ether oxygens (including phenoxy) is 1. The van der Waals surface area contributed by atoms with Crippen LogP contribution in [-0.4, -0.2) is 43.6 Å². The average molecular weight is 507 g/mol. The second kappa shape index (κ2) is 10.2. The summed E-state index contributed by atoms with van der Waals surface area (Å²) in [7, 11) is 0. The summed E-state index contributed by atoms with van der Waals surface area (Å²) in [5, 5.41) is 5.66. The molecule has 190 valence electrons. The fraction of sp³-hybridized carbons (Fsp3) is 0.172. The maximum atomic E-state index is 12.9.